The summed E-state index contributed by atoms with van der Waals surface area (Å²) in [6.07, 6.45) is 2.84. The highest BCUT2D eigenvalue weighted by Gasteiger charge is 2.30. The fourth-order valence-corrected chi connectivity index (χ4v) is 4.84. The van der Waals surface area contributed by atoms with Crippen LogP contribution in [0.15, 0.2) is 24.3 Å². The summed E-state index contributed by atoms with van der Waals surface area (Å²) < 4.78 is 11.0. The lowest BCUT2D eigenvalue weighted by Crippen LogP contribution is -2.35. The van der Waals surface area contributed by atoms with Crippen molar-refractivity contribution in [3.8, 4) is 5.75 Å². The molecule has 7 heteroatoms. The van der Waals surface area contributed by atoms with Gasteiger partial charge in [0.25, 0.3) is 5.91 Å². The van der Waals surface area contributed by atoms with Gasteiger partial charge in [0.2, 0.25) is 0 Å². The number of hydrogen-bond donors (Lipinski definition) is 1. The van der Waals surface area contributed by atoms with E-state index in [1.165, 1.54) is 11.3 Å². The van der Waals surface area contributed by atoms with E-state index in [1.54, 1.807) is 31.2 Å². The summed E-state index contributed by atoms with van der Waals surface area (Å²) in [7, 11) is 0. The minimum absolute atomic E-state index is 0.245. The first-order valence-electron chi connectivity index (χ1n) is 11.0. The molecule has 0 unspecified atom stereocenters. The molecule has 6 nitrogen and oxygen atoms in total. The highest BCUT2D eigenvalue weighted by atomic mass is 32.1. The van der Waals surface area contributed by atoms with E-state index in [0.29, 0.717) is 35.4 Å². The predicted octanol–water partition coefficient (Wildman–Crippen LogP) is 5.12. The van der Waals surface area contributed by atoms with Gasteiger partial charge in [-0.15, -0.1) is 11.3 Å². The molecule has 1 aromatic heterocycles. The van der Waals surface area contributed by atoms with E-state index in [0.717, 1.165) is 48.5 Å². The van der Waals surface area contributed by atoms with Gasteiger partial charge in [-0.3, -0.25) is 9.69 Å². The number of rotatable bonds is 9. The normalized spacial score (nSPS) is 13.7. The summed E-state index contributed by atoms with van der Waals surface area (Å²) in [5.41, 5.74) is 2.04. The SMILES string of the molecule is CCCCOc1ccc(C(=O)Nc2sc3c(c2C(=O)OCC)CCN(C(C)C)C3)cc1. The fraction of sp³-hybridized carbons (Fsp3) is 0.500. The second-order valence-electron chi connectivity index (χ2n) is 7.92. The average Bonchev–Trinajstić information content (AvgIpc) is 3.11. The quantitative estimate of drug-likeness (QED) is 0.429. The first-order valence-corrected chi connectivity index (χ1v) is 11.9. The molecule has 1 aliphatic rings. The van der Waals surface area contributed by atoms with Gasteiger partial charge in [-0.05, 0) is 63.4 Å². The molecule has 31 heavy (non-hydrogen) atoms. The molecule has 2 heterocycles. The molecule has 1 aromatic carbocycles. The van der Waals surface area contributed by atoms with Gasteiger partial charge in [0.05, 0.1) is 18.8 Å². The van der Waals surface area contributed by atoms with Gasteiger partial charge in [-0.25, -0.2) is 4.79 Å². The topological polar surface area (TPSA) is 67.9 Å². The van der Waals surface area contributed by atoms with E-state index in [2.05, 4.69) is 31.0 Å². The minimum atomic E-state index is -0.368. The Morgan fingerprint density at radius 3 is 2.58 bits per heavy atom. The zero-order valence-corrected chi connectivity index (χ0v) is 19.6. The summed E-state index contributed by atoms with van der Waals surface area (Å²) >= 11 is 1.48. The van der Waals surface area contributed by atoms with Gasteiger partial charge in [-0.1, -0.05) is 13.3 Å². The Balaban J connectivity index is 1.80. The van der Waals surface area contributed by atoms with Crippen LogP contribution in [0.3, 0.4) is 0 Å². The highest BCUT2D eigenvalue weighted by Crippen LogP contribution is 2.38. The van der Waals surface area contributed by atoms with E-state index in [9.17, 15) is 9.59 Å². The number of hydrogen-bond acceptors (Lipinski definition) is 6. The number of esters is 1. The number of unbranched alkanes of at least 4 members (excludes halogenated alkanes) is 1. The zero-order chi connectivity index (χ0) is 22.4. The van der Waals surface area contributed by atoms with Gasteiger partial charge < -0.3 is 14.8 Å². The van der Waals surface area contributed by atoms with Crippen LogP contribution in [0.2, 0.25) is 0 Å². The van der Waals surface area contributed by atoms with Crippen molar-refractivity contribution >= 4 is 28.2 Å². The van der Waals surface area contributed by atoms with Gasteiger partial charge in [0.1, 0.15) is 10.8 Å². The van der Waals surface area contributed by atoms with Gasteiger partial charge in [0.15, 0.2) is 0 Å². The van der Waals surface area contributed by atoms with E-state index in [4.69, 9.17) is 9.47 Å². The standard InChI is InChI=1S/C24H32N2O4S/c1-5-7-14-30-18-10-8-17(9-11-18)22(27)25-23-21(24(28)29-6-2)19-12-13-26(16(3)4)15-20(19)31-23/h8-11,16H,5-7,12-15H2,1-4H3,(H,25,27). The second kappa shape index (κ2) is 10.8. The zero-order valence-electron chi connectivity index (χ0n) is 18.8. The number of nitrogens with zero attached hydrogens (tertiary/aromatic N) is 1. The molecule has 3 rings (SSSR count). The smallest absolute Gasteiger partial charge is 0.341 e. The molecule has 2 aromatic rings. The number of carbonyl (C=O) groups is 2. The number of nitrogens with one attached hydrogen (secondary N) is 1. The maximum atomic E-state index is 12.9. The van der Waals surface area contributed by atoms with Crippen LogP contribution in [0.25, 0.3) is 0 Å². The Morgan fingerprint density at radius 2 is 1.94 bits per heavy atom. The largest absolute Gasteiger partial charge is 0.494 e. The molecule has 0 aliphatic carbocycles. The number of carbonyl (C=O) groups excluding carboxylic acids is 2. The molecule has 168 valence electrons. The molecule has 0 spiro atoms. The molecule has 0 saturated heterocycles. The molecule has 1 amide bonds. The molecular formula is C24H32N2O4S. The van der Waals surface area contributed by atoms with Crippen LogP contribution in [0, 0.1) is 0 Å². The van der Waals surface area contributed by atoms with Gasteiger partial charge in [-0.2, -0.15) is 0 Å². The maximum Gasteiger partial charge on any atom is 0.341 e. The number of benzene rings is 1. The molecule has 1 aliphatic heterocycles. The lowest BCUT2D eigenvalue weighted by atomic mass is 10.0. The second-order valence-corrected chi connectivity index (χ2v) is 9.03. The van der Waals surface area contributed by atoms with Crippen LogP contribution in [0.1, 0.15) is 71.7 Å². The van der Waals surface area contributed by atoms with Crippen molar-refractivity contribution in [2.45, 2.75) is 59.5 Å². The Kier molecular flexibility index (Phi) is 8.09. The number of anilines is 1. The first-order chi connectivity index (χ1) is 14.9. The third-order valence-electron chi connectivity index (χ3n) is 5.41. The Hall–Kier alpha value is -2.38. The van der Waals surface area contributed by atoms with Gasteiger partial charge in [0, 0.05) is 29.6 Å². The van der Waals surface area contributed by atoms with Crippen molar-refractivity contribution in [2.24, 2.45) is 0 Å². The van der Waals surface area contributed by atoms with Crippen molar-refractivity contribution in [3.05, 3.63) is 45.8 Å². The van der Waals surface area contributed by atoms with Crippen LogP contribution in [-0.2, 0) is 17.7 Å². The number of thiophene rings is 1. The van der Waals surface area contributed by atoms with E-state index < -0.39 is 0 Å². The molecule has 0 bridgehead atoms. The van der Waals surface area contributed by atoms with E-state index in [-0.39, 0.29) is 11.9 Å². The molecule has 0 atom stereocenters. The maximum absolute atomic E-state index is 12.9. The number of amides is 1. The third-order valence-corrected chi connectivity index (χ3v) is 6.54. The number of ether oxygens (including phenoxy) is 2. The highest BCUT2D eigenvalue weighted by molar-refractivity contribution is 7.17. The molecule has 0 saturated carbocycles. The minimum Gasteiger partial charge on any atom is -0.494 e. The summed E-state index contributed by atoms with van der Waals surface area (Å²) in [5, 5.41) is 3.53. The predicted molar refractivity (Wildman–Crippen MR) is 124 cm³/mol. The average molecular weight is 445 g/mol. The summed E-state index contributed by atoms with van der Waals surface area (Å²) in [4.78, 5) is 29.1. The molecular weight excluding hydrogens is 412 g/mol. The lowest BCUT2D eigenvalue weighted by Gasteiger charge is -2.30. The number of fused-ring (bicyclic) bond motifs is 1. The molecule has 0 fully saturated rings. The van der Waals surface area contributed by atoms with E-state index >= 15 is 0 Å². The Morgan fingerprint density at radius 1 is 1.19 bits per heavy atom. The van der Waals surface area contributed by atoms with Crippen LogP contribution >= 0.6 is 11.3 Å². The third kappa shape index (κ3) is 5.66. The van der Waals surface area contributed by atoms with Crippen molar-refractivity contribution < 1.29 is 19.1 Å². The Bertz CT molecular complexity index is 905. The van der Waals surface area contributed by atoms with Crippen molar-refractivity contribution in [1.29, 1.82) is 0 Å². The van der Waals surface area contributed by atoms with Crippen LogP contribution in [-0.4, -0.2) is 42.6 Å². The van der Waals surface area contributed by atoms with Crippen LogP contribution < -0.4 is 10.1 Å². The molecule has 1 N–H and O–H groups in total. The van der Waals surface area contributed by atoms with Gasteiger partial charge >= 0.3 is 5.97 Å². The monoisotopic (exact) mass is 444 g/mol. The summed E-state index contributed by atoms with van der Waals surface area (Å²) in [6.45, 7) is 10.9. The summed E-state index contributed by atoms with van der Waals surface area (Å²) in [6, 6.07) is 7.52. The van der Waals surface area contributed by atoms with Crippen LogP contribution in [0.5, 0.6) is 5.75 Å². The van der Waals surface area contributed by atoms with Crippen molar-refractivity contribution in [3.63, 3.8) is 0 Å². The van der Waals surface area contributed by atoms with E-state index in [1.807, 2.05) is 0 Å². The molecule has 0 radical (unpaired) electrons. The lowest BCUT2D eigenvalue weighted by molar-refractivity contribution is 0.0526. The fourth-order valence-electron chi connectivity index (χ4n) is 3.58. The van der Waals surface area contributed by atoms with Crippen molar-refractivity contribution in [1.82, 2.24) is 4.90 Å². The summed E-state index contributed by atoms with van der Waals surface area (Å²) in [5.74, 6) is 0.135. The first kappa shape index (κ1) is 23.3. The van der Waals surface area contributed by atoms with Crippen LogP contribution in [0.4, 0.5) is 5.00 Å². The Labute approximate surface area is 188 Å². The van der Waals surface area contributed by atoms with Crippen molar-refractivity contribution in [2.75, 3.05) is 25.1 Å².